The molecule has 0 saturated carbocycles. The average molecular weight is 299 g/mol. The lowest BCUT2D eigenvalue weighted by Gasteiger charge is -2.02. The maximum absolute atomic E-state index is 12.3. The fourth-order valence-electron chi connectivity index (χ4n) is 1.65. The average Bonchev–Trinajstić information content (AvgIpc) is 2.90. The van der Waals surface area contributed by atoms with Crippen molar-refractivity contribution in [3.63, 3.8) is 0 Å². The van der Waals surface area contributed by atoms with Crippen molar-refractivity contribution in [1.82, 2.24) is 18.9 Å². The van der Waals surface area contributed by atoms with Crippen molar-refractivity contribution >= 4 is 44.7 Å². The molecule has 3 aromatic rings. The Morgan fingerprint density at radius 3 is 3.00 bits per heavy atom. The number of rotatable bonds is 2. The molecule has 0 aliphatic rings. The molecule has 0 N–H and O–H groups in total. The van der Waals surface area contributed by atoms with Gasteiger partial charge in [0.05, 0.1) is 24.0 Å². The highest BCUT2D eigenvalue weighted by atomic mass is 35.5. The molecule has 0 aliphatic carbocycles. The van der Waals surface area contributed by atoms with Crippen LogP contribution in [-0.4, -0.2) is 18.9 Å². The maximum atomic E-state index is 12.3. The molecule has 0 amide bonds. The molecule has 0 spiro atoms. The Balaban J connectivity index is 2.10. The van der Waals surface area contributed by atoms with Crippen molar-refractivity contribution in [2.24, 2.45) is 0 Å². The van der Waals surface area contributed by atoms with Gasteiger partial charge in [0.1, 0.15) is 0 Å². The van der Waals surface area contributed by atoms with E-state index in [9.17, 15) is 4.79 Å². The fraction of sp³-hybridized carbons (Fsp3) is 0.200. The second-order valence-corrected chi connectivity index (χ2v) is 6.15. The summed E-state index contributed by atoms with van der Waals surface area (Å²) in [6, 6.07) is 0. The van der Waals surface area contributed by atoms with Crippen LogP contribution in [0.3, 0.4) is 0 Å². The van der Waals surface area contributed by atoms with Gasteiger partial charge < -0.3 is 0 Å². The molecule has 0 fully saturated rings. The predicted molar refractivity (Wildman–Crippen MR) is 72.6 cm³/mol. The zero-order valence-electron chi connectivity index (χ0n) is 9.25. The summed E-state index contributed by atoms with van der Waals surface area (Å²) in [5, 5.41) is 0.595. The second-order valence-electron chi connectivity index (χ2n) is 3.71. The van der Waals surface area contributed by atoms with Crippen LogP contribution in [0.1, 0.15) is 10.6 Å². The second kappa shape index (κ2) is 4.42. The molecule has 0 aromatic carbocycles. The van der Waals surface area contributed by atoms with E-state index in [0.29, 0.717) is 21.2 Å². The molecular formula is C10H7ClN4OS2. The summed E-state index contributed by atoms with van der Waals surface area (Å²) in [5.74, 6) is 0. The maximum Gasteiger partial charge on any atom is 0.264 e. The van der Waals surface area contributed by atoms with E-state index < -0.39 is 0 Å². The molecule has 0 saturated heterocycles. The van der Waals surface area contributed by atoms with Gasteiger partial charge >= 0.3 is 0 Å². The van der Waals surface area contributed by atoms with Crippen LogP contribution in [0.4, 0.5) is 0 Å². The Hall–Kier alpha value is -1.31. The van der Waals surface area contributed by atoms with E-state index in [2.05, 4.69) is 14.3 Å². The van der Waals surface area contributed by atoms with E-state index >= 15 is 0 Å². The monoisotopic (exact) mass is 298 g/mol. The van der Waals surface area contributed by atoms with Gasteiger partial charge in [0, 0.05) is 11.1 Å². The van der Waals surface area contributed by atoms with Gasteiger partial charge in [-0.2, -0.15) is 4.37 Å². The van der Waals surface area contributed by atoms with Crippen LogP contribution in [0, 0.1) is 6.92 Å². The van der Waals surface area contributed by atoms with Crippen LogP contribution in [0.5, 0.6) is 0 Å². The smallest absolute Gasteiger partial charge is 0.264 e. The molecule has 18 heavy (non-hydrogen) atoms. The molecule has 0 bridgehead atoms. The van der Waals surface area contributed by atoms with Crippen molar-refractivity contribution in [3.05, 3.63) is 37.9 Å². The molecule has 3 aromatic heterocycles. The van der Waals surface area contributed by atoms with Crippen LogP contribution in [0.25, 0.3) is 10.2 Å². The standard InChI is InChI=1S/C10H7ClN4OS2/c1-5-7-8(18-14-5)13-4-15(9(7)16)3-6-2-12-10(11)17-6/h2,4H,3H2,1H3. The third-order valence-electron chi connectivity index (χ3n) is 2.49. The Kier molecular flexibility index (Phi) is 2.89. The number of aromatic nitrogens is 4. The minimum absolute atomic E-state index is 0.0734. The summed E-state index contributed by atoms with van der Waals surface area (Å²) in [5.41, 5.74) is 0.653. The number of fused-ring (bicyclic) bond motifs is 1. The number of hydrogen-bond donors (Lipinski definition) is 0. The molecule has 5 nitrogen and oxygen atoms in total. The minimum atomic E-state index is -0.0734. The normalized spacial score (nSPS) is 11.2. The lowest BCUT2D eigenvalue weighted by Crippen LogP contribution is -2.20. The molecule has 0 unspecified atom stereocenters. The Labute approximate surface area is 115 Å². The predicted octanol–water partition coefficient (Wildman–Crippen LogP) is 2.32. The molecule has 3 rings (SSSR count). The van der Waals surface area contributed by atoms with Gasteiger partial charge in [-0.1, -0.05) is 11.6 Å². The first-order chi connectivity index (χ1) is 8.65. The van der Waals surface area contributed by atoms with Gasteiger partial charge in [-0.3, -0.25) is 9.36 Å². The fourth-order valence-corrected chi connectivity index (χ4v) is 3.36. The van der Waals surface area contributed by atoms with Crippen molar-refractivity contribution in [1.29, 1.82) is 0 Å². The first kappa shape index (κ1) is 11.8. The molecule has 3 heterocycles. The Bertz CT molecular complexity index is 776. The summed E-state index contributed by atoms with van der Waals surface area (Å²) in [7, 11) is 0. The van der Waals surface area contributed by atoms with Gasteiger partial charge in [-0.05, 0) is 18.5 Å². The number of thiazole rings is 1. The van der Waals surface area contributed by atoms with Gasteiger partial charge in [0.15, 0.2) is 9.30 Å². The summed E-state index contributed by atoms with van der Waals surface area (Å²) < 4.78 is 6.17. The summed E-state index contributed by atoms with van der Waals surface area (Å²) >= 11 is 8.36. The Morgan fingerprint density at radius 2 is 2.28 bits per heavy atom. The van der Waals surface area contributed by atoms with Crippen LogP contribution in [0.2, 0.25) is 4.47 Å². The Morgan fingerprint density at radius 1 is 1.44 bits per heavy atom. The van der Waals surface area contributed by atoms with Gasteiger partial charge in [0.2, 0.25) is 0 Å². The lowest BCUT2D eigenvalue weighted by atomic mass is 10.3. The minimum Gasteiger partial charge on any atom is -0.293 e. The van der Waals surface area contributed by atoms with E-state index in [1.165, 1.54) is 29.2 Å². The zero-order valence-corrected chi connectivity index (χ0v) is 11.6. The quantitative estimate of drug-likeness (QED) is 0.728. The largest absolute Gasteiger partial charge is 0.293 e. The SMILES string of the molecule is Cc1nsc2ncn(Cc3cnc(Cl)s3)c(=O)c12. The van der Waals surface area contributed by atoms with E-state index in [0.717, 1.165) is 10.6 Å². The number of hydrogen-bond acceptors (Lipinski definition) is 6. The van der Waals surface area contributed by atoms with Crippen LogP contribution in [0.15, 0.2) is 17.3 Å². The van der Waals surface area contributed by atoms with Crippen molar-refractivity contribution < 1.29 is 0 Å². The molecular weight excluding hydrogens is 292 g/mol. The van der Waals surface area contributed by atoms with Crippen molar-refractivity contribution in [2.45, 2.75) is 13.5 Å². The third-order valence-corrected chi connectivity index (χ3v) is 4.43. The zero-order chi connectivity index (χ0) is 12.7. The highest BCUT2D eigenvalue weighted by Crippen LogP contribution is 2.19. The summed E-state index contributed by atoms with van der Waals surface area (Å²) in [6.07, 6.45) is 3.21. The molecule has 0 atom stereocenters. The topological polar surface area (TPSA) is 60.7 Å². The summed E-state index contributed by atoms with van der Waals surface area (Å²) in [4.78, 5) is 22.0. The highest BCUT2D eigenvalue weighted by Gasteiger charge is 2.11. The van der Waals surface area contributed by atoms with Crippen LogP contribution in [-0.2, 0) is 6.54 Å². The van der Waals surface area contributed by atoms with Gasteiger partial charge in [-0.15, -0.1) is 11.3 Å². The summed E-state index contributed by atoms with van der Waals surface area (Å²) in [6.45, 7) is 2.25. The lowest BCUT2D eigenvalue weighted by molar-refractivity contribution is 0.757. The van der Waals surface area contributed by atoms with Crippen LogP contribution < -0.4 is 5.56 Å². The van der Waals surface area contributed by atoms with Crippen molar-refractivity contribution in [2.75, 3.05) is 0 Å². The highest BCUT2D eigenvalue weighted by molar-refractivity contribution is 7.15. The molecule has 8 heteroatoms. The number of aryl methyl sites for hydroxylation is 1. The third kappa shape index (κ3) is 1.94. The van der Waals surface area contributed by atoms with E-state index in [1.54, 1.807) is 10.8 Å². The molecule has 92 valence electrons. The number of nitrogens with zero attached hydrogens (tertiary/aromatic N) is 4. The van der Waals surface area contributed by atoms with Crippen molar-refractivity contribution in [3.8, 4) is 0 Å². The molecule has 0 radical (unpaired) electrons. The first-order valence-electron chi connectivity index (χ1n) is 5.07. The first-order valence-corrected chi connectivity index (χ1v) is 7.03. The van der Waals surface area contributed by atoms with E-state index in [-0.39, 0.29) is 5.56 Å². The van der Waals surface area contributed by atoms with E-state index in [4.69, 9.17) is 11.6 Å². The number of halogens is 1. The molecule has 0 aliphatic heterocycles. The van der Waals surface area contributed by atoms with E-state index in [1.807, 2.05) is 6.92 Å². The van der Waals surface area contributed by atoms with Gasteiger partial charge in [-0.25, -0.2) is 9.97 Å². The van der Waals surface area contributed by atoms with Crippen LogP contribution >= 0.6 is 34.5 Å². The van der Waals surface area contributed by atoms with Gasteiger partial charge in [0.25, 0.3) is 5.56 Å².